The fraction of sp³-hybridized carbons (Fsp3) is 0.154. The number of para-hydroxylation sites is 2. The minimum atomic E-state index is -4.13. The monoisotopic (exact) mass is 553 g/mol. The molecule has 0 radical (unpaired) electrons. The van der Waals surface area contributed by atoms with Crippen LogP contribution >= 0.6 is 18.9 Å². The second kappa shape index (κ2) is 12.7. The van der Waals surface area contributed by atoms with Crippen molar-refractivity contribution < 1.29 is 23.5 Å². The van der Waals surface area contributed by atoms with Crippen LogP contribution in [0.3, 0.4) is 0 Å². The summed E-state index contributed by atoms with van der Waals surface area (Å²) in [6.45, 7) is -0.391. The van der Waals surface area contributed by atoms with Crippen LogP contribution in [0.2, 0.25) is 0 Å². The van der Waals surface area contributed by atoms with Crippen molar-refractivity contribution in [1.29, 1.82) is 0 Å². The van der Waals surface area contributed by atoms with Gasteiger partial charge in [0.1, 0.15) is 5.78 Å². The average Bonchev–Trinajstić information content (AvgIpc) is 3.46. The zero-order chi connectivity index (χ0) is 27.0. The Bertz CT molecular complexity index is 1370. The number of nitrogens with zero attached hydrogens (tertiary/aromatic N) is 2. The molecule has 196 valence electrons. The van der Waals surface area contributed by atoms with Crippen molar-refractivity contribution in [3.05, 3.63) is 138 Å². The molecule has 0 aliphatic rings. The zero-order valence-electron chi connectivity index (χ0n) is 20.0. The molecule has 4 aromatic rings. The number of nitro groups is 2. The molecular weight excluding hydrogens is 529 g/mol. The molecule has 0 aliphatic heterocycles. The van der Waals surface area contributed by atoms with Gasteiger partial charge in [-0.15, -0.1) is 11.3 Å². The summed E-state index contributed by atoms with van der Waals surface area (Å²) in [5.41, 5.74) is 1.02. The van der Waals surface area contributed by atoms with Crippen molar-refractivity contribution in [3.8, 4) is 0 Å². The average molecular weight is 554 g/mol. The molecule has 3 aromatic carbocycles. The molecule has 0 amide bonds. The summed E-state index contributed by atoms with van der Waals surface area (Å²) < 4.78 is 26.3. The van der Waals surface area contributed by atoms with Crippen LogP contribution in [0, 0.1) is 20.2 Å². The lowest BCUT2D eigenvalue weighted by Crippen LogP contribution is -2.22. The molecule has 4 rings (SSSR count). The van der Waals surface area contributed by atoms with E-state index in [0.717, 1.165) is 5.56 Å². The Morgan fingerprint density at radius 1 is 0.763 bits per heavy atom. The molecule has 0 saturated carbocycles. The maximum atomic E-state index is 14.5. The minimum absolute atomic E-state index is 0.178. The van der Waals surface area contributed by atoms with Gasteiger partial charge in [-0.1, -0.05) is 60.7 Å². The van der Waals surface area contributed by atoms with Crippen molar-refractivity contribution in [2.24, 2.45) is 0 Å². The molecular formula is C26H24N3O7PS. The van der Waals surface area contributed by atoms with Crippen molar-refractivity contribution in [2.75, 3.05) is 0 Å². The summed E-state index contributed by atoms with van der Waals surface area (Å²) in [5.74, 6) is -0.937. The Hall–Kier alpha value is -3.73. The quantitative estimate of drug-likeness (QED) is 0.106. The SMILES string of the molecule is O=[N+]([O-])c1ccccc1COP(=O)(OCc1ccccc1[N+](=O)[O-])[C@H](NCc1ccccc1)c1cccs1. The van der Waals surface area contributed by atoms with E-state index in [9.17, 15) is 24.8 Å². The molecule has 38 heavy (non-hydrogen) atoms. The number of benzene rings is 3. The predicted molar refractivity (Wildman–Crippen MR) is 144 cm³/mol. The van der Waals surface area contributed by atoms with Gasteiger partial charge in [-0.2, -0.15) is 0 Å². The highest BCUT2D eigenvalue weighted by Gasteiger charge is 2.39. The summed E-state index contributed by atoms with van der Waals surface area (Å²) >= 11 is 1.34. The van der Waals surface area contributed by atoms with Gasteiger partial charge < -0.3 is 9.05 Å². The van der Waals surface area contributed by atoms with E-state index in [-0.39, 0.29) is 35.7 Å². The molecule has 0 fully saturated rings. The van der Waals surface area contributed by atoms with E-state index in [2.05, 4.69) is 5.32 Å². The van der Waals surface area contributed by atoms with Crippen molar-refractivity contribution in [3.63, 3.8) is 0 Å². The molecule has 12 heteroatoms. The number of hydrogen-bond donors (Lipinski definition) is 1. The first-order valence-electron chi connectivity index (χ1n) is 11.5. The minimum Gasteiger partial charge on any atom is -0.302 e. The normalized spacial score (nSPS) is 12.2. The third kappa shape index (κ3) is 6.77. The molecule has 0 bridgehead atoms. The smallest absolute Gasteiger partial charge is 0.302 e. The van der Waals surface area contributed by atoms with E-state index < -0.39 is 23.2 Å². The largest absolute Gasteiger partial charge is 0.353 e. The van der Waals surface area contributed by atoms with Crippen LogP contribution in [0.15, 0.2) is 96.4 Å². The highest BCUT2D eigenvalue weighted by Crippen LogP contribution is 2.61. The lowest BCUT2D eigenvalue weighted by molar-refractivity contribution is -0.385. The summed E-state index contributed by atoms with van der Waals surface area (Å²) in [5, 5.41) is 28.1. The number of nitrogens with one attached hydrogen (secondary N) is 1. The van der Waals surface area contributed by atoms with Gasteiger partial charge in [0, 0.05) is 23.6 Å². The van der Waals surface area contributed by atoms with Gasteiger partial charge >= 0.3 is 7.60 Å². The van der Waals surface area contributed by atoms with Gasteiger partial charge in [-0.25, -0.2) is 0 Å². The van der Waals surface area contributed by atoms with Crippen molar-refractivity contribution >= 4 is 30.3 Å². The van der Waals surface area contributed by atoms with Gasteiger partial charge in [0.15, 0.2) is 0 Å². The fourth-order valence-electron chi connectivity index (χ4n) is 3.75. The molecule has 0 spiro atoms. The maximum Gasteiger partial charge on any atom is 0.353 e. The third-order valence-electron chi connectivity index (χ3n) is 5.65. The summed E-state index contributed by atoms with van der Waals surface area (Å²) in [6.07, 6.45) is 0. The molecule has 1 aromatic heterocycles. The number of rotatable bonds is 13. The van der Waals surface area contributed by atoms with Crippen LogP contribution in [0.25, 0.3) is 0 Å². The summed E-state index contributed by atoms with van der Waals surface area (Å²) in [4.78, 5) is 22.6. The van der Waals surface area contributed by atoms with E-state index >= 15 is 0 Å². The Morgan fingerprint density at radius 3 is 1.79 bits per heavy atom. The molecule has 1 atom stereocenters. The first-order valence-corrected chi connectivity index (χ1v) is 14.0. The second-order valence-electron chi connectivity index (χ2n) is 8.14. The first-order chi connectivity index (χ1) is 18.4. The lowest BCUT2D eigenvalue weighted by Gasteiger charge is -2.27. The van der Waals surface area contributed by atoms with E-state index in [0.29, 0.717) is 11.4 Å². The summed E-state index contributed by atoms with van der Waals surface area (Å²) in [6, 6.07) is 25.0. The van der Waals surface area contributed by atoms with Crippen molar-refractivity contribution in [2.45, 2.75) is 25.5 Å². The van der Waals surface area contributed by atoms with Crippen LogP contribution in [-0.4, -0.2) is 9.85 Å². The van der Waals surface area contributed by atoms with Gasteiger partial charge in [0.05, 0.1) is 34.2 Å². The highest BCUT2D eigenvalue weighted by molar-refractivity contribution is 7.54. The number of hydrogen-bond acceptors (Lipinski definition) is 9. The molecule has 0 aliphatic carbocycles. The van der Waals surface area contributed by atoms with E-state index in [4.69, 9.17) is 9.05 Å². The number of nitro benzene ring substituents is 2. The van der Waals surface area contributed by atoms with Crippen LogP contribution < -0.4 is 5.32 Å². The van der Waals surface area contributed by atoms with E-state index in [1.54, 1.807) is 24.3 Å². The molecule has 1 heterocycles. The lowest BCUT2D eigenvalue weighted by atomic mass is 10.2. The van der Waals surface area contributed by atoms with Crippen LogP contribution in [-0.2, 0) is 33.4 Å². The highest BCUT2D eigenvalue weighted by atomic mass is 32.1. The van der Waals surface area contributed by atoms with Crippen LogP contribution in [0.1, 0.15) is 27.4 Å². The van der Waals surface area contributed by atoms with Gasteiger partial charge in [-0.3, -0.25) is 30.1 Å². The Morgan fingerprint density at radius 2 is 1.29 bits per heavy atom. The topological polar surface area (TPSA) is 134 Å². The number of thiophene rings is 1. The van der Waals surface area contributed by atoms with Crippen LogP contribution in [0.4, 0.5) is 11.4 Å². The first kappa shape index (κ1) is 27.3. The third-order valence-corrected chi connectivity index (χ3v) is 8.83. The maximum absolute atomic E-state index is 14.5. The summed E-state index contributed by atoms with van der Waals surface area (Å²) in [7, 11) is -4.13. The van der Waals surface area contributed by atoms with Gasteiger partial charge in [0.2, 0.25) is 0 Å². The molecule has 0 unspecified atom stereocenters. The van der Waals surface area contributed by atoms with E-state index in [1.165, 1.54) is 47.7 Å². The van der Waals surface area contributed by atoms with Crippen LogP contribution in [0.5, 0.6) is 0 Å². The van der Waals surface area contributed by atoms with Gasteiger partial charge in [-0.05, 0) is 29.1 Å². The standard InChI is InChI=1S/C26H24N3O7PS/c30-28(31)23-13-6-4-11-21(23)18-35-37(34,36-19-22-12-5-7-14-24(22)29(32)33)26(25-15-8-16-38-25)27-17-20-9-2-1-3-10-20/h1-16,26-27H,17-19H2/t26-/m0/s1. The molecule has 0 saturated heterocycles. The Labute approximate surface area is 222 Å². The zero-order valence-corrected chi connectivity index (χ0v) is 21.8. The van der Waals surface area contributed by atoms with Crippen molar-refractivity contribution in [1.82, 2.24) is 5.32 Å². The Balaban J connectivity index is 1.67. The second-order valence-corrected chi connectivity index (χ2v) is 11.2. The fourth-order valence-corrected chi connectivity index (χ4v) is 6.73. The predicted octanol–water partition coefficient (Wildman–Crippen LogP) is 6.98. The molecule has 10 nitrogen and oxygen atoms in total. The van der Waals surface area contributed by atoms with Gasteiger partial charge in [0.25, 0.3) is 11.4 Å². The Kier molecular flexibility index (Phi) is 9.11. The molecule has 1 N–H and O–H groups in total. The van der Waals surface area contributed by atoms with E-state index in [1.807, 2.05) is 35.7 Å².